The van der Waals surface area contributed by atoms with Gasteiger partial charge in [0.25, 0.3) is 5.91 Å². The molecule has 4 heterocycles. The van der Waals surface area contributed by atoms with E-state index in [1.807, 2.05) is 29.3 Å². The highest BCUT2D eigenvalue weighted by Crippen LogP contribution is 2.50. The monoisotopic (exact) mass is 523 g/mol. The van der Waals surface area contributed by atoms with E-state index in [0.717, 1.165) is 29.4 Å². The molecular weight excluding hydrogens is 500 g/mol. The lowest BCUT2D eigenvalue weighted by molar-refractivity contribution is -0.180. The molecule has 0 radical (unpaired) electrons. The van der Waals surface area contributed by atoms with Crippen molar-refractivity contribution in [2.75, 3.05) is 24.9 Å². The van der Waals surface area contributed by atoms with Gasteiger partial charge in [-0.1, -0.05) is 24.3 Å². The van der Waals surface area contributed by atoms with Gasteiger partial charge in [0.15, 0.2) is 23.1 Å². The number of carbonyl (C=O) groups is 1. The summed E-state index contributed by atoms with van der Waals surface area (Å²) in [6, 6.07) is 10.9. The van der Waals surface area contributed by atoms with E-state index in [9.17, 15) is 19.1 Å². The summed E-state index contributed by atoms with van der Waals surface area (Å²) in [7, 11) is 0. The SMILES string of the molecule is O=C1c2c(O)c(=O)ccn2N([C@@H]2c3ccccc3SCc3c2ccc(F)c3F)CN1C1CC2(COC2)C1. The number of benzene rings is 2. The fourth-order valence-corrected chi connectivity index (χ4v) is 7.23. The number of amides is 1. The van der Waals surface area contributed by atoms with Gasteiger partial charge < -0.3 is 14.7 Å². The fourth-order valence-electron chi connectivity index (χ4n) is 6.12. The number of nitrogens with zero attached hydrogens (tertiary/aromatic N) is 3. The minimum Gasteiger partial charge on any atom is -0.502 e. The number of rotatable bonds is 2. The van der Waals surface area contributed by atoms with Crippen molar-refractivity contribution in [3.8, 4) is 5.75 Å². The highest BCUT2D eigenvalue weighted by molar-refractivity contribution is 7.98. The van der Waals surface area contributed by atoms with E-state index in [1.54, 1.807) is 11.0 Å². The fraction of sp³-hybridized carbons (Fsp3) is 0.333. The van der Waals surface area contributed by atoms with Crippen molar-refractivity contribution in [1.29, 1.82) is 0 Å². The molecule has 1 atom stereocenters. The second kappa shape index (κ2) is 8.06. The maximum atomic E-state index is 15.1. The molecule has 2 fully saturated rings. The first-order valence-electron chi connectivity index (χ1n) is 12.2. The van der Waals surface area contributed by atoms with Gasteiger partial charge in [-0.25, -0.2) is 8.78 Å². The number of hydrogen-bond acceptors (Lipinski definition) is 6. The van der Waals surface area contributed by atoms with Gasteiger partial charge in [0.05, 0.1) is 19.3 Å². The molecule has 1 spiro atoms. The molecule has 190 valence electrons. The van der Waals surface area contributed by atoms with E-state index in [4.69, 9.17) is 4.74 Å². The van der Waals surface area contributed by atoms with Crippen molar-refractivity contribution < 1.29 is 23.4 Å². The number of halogens is 2. The third-order valence-corrected chi connectivity index (χ3v) is 9.21. The zero-order valence-corrected chi connectivity index (χ0v) is 20.5. The van der Waals surface area contributed by atoms with Gasteiger partial charge in [-0.3, -0.25) is 19.3 Å². The first-order chi connectivity index (χ1) is 17.9. The molecule has 1 saturated carbocycles. The summed E-state index contributed by atoms with van der Waals surface area (Å²) in [6.07, 6.45) is 3.02. The third-order valence-electron chi connectivity index (χ3n) is 8.10. The summed E-state index contributed by atoms with van der Waals surface area (Å²) in [5.41, 5.74) is 1.02. The minimum atomic E-state index is -0.913. The first-order valence-corrected chi connectivity index (χ1v) is 13.1. The van der Waals surface area contributed by atoms with Crippen LogP contribution >= 0.6 is 11.8 Å². The van der Waals surface area contributed by atoms with Gasteiger partial charge in [-0.2, -0.15) is 0 Å². The van der Waals surface area contributed by atoms with Gasteiger partial charge in [-0.05, 0) is 36.1 Å². The zero-order valence-electron chi connectivity index (χ0n) is 19.7. The molecule has 3 aromatic rings. The van der Waals surface area contributed by atoms with Crippen LogP contribution in [0, 0.1) is 17.0 Å². The molecule has 1 aromatic heterocycles. The van der Waals surface area contributed by atoms with Crippen LogP contribution in [0.25, 0.3) is 0 Å². The van der Waals surface area contributed by atoms with Crippen molar-refractivity contribution in [2.45, 2.75) is 35.6 Å². The molecule has 3 aliphatic heterocycles. The van der Waals surface area contributed by atoms with Gasteiger partial charge >= 0.3 is 0 Å². The lowest BCUT2D eigenvalue weighted by atomic mass is 9.63. The maximum Gasteiger partial charge on any atom is 0.278 e. The maximum absolute atomic E-state index is 15.1. The lowest BCUT2D eigenvalue weighted by Crippen LogP contribution is -2.65. The number of aromatic hydroxyl groups is 1. The molecule has 2 aromatic carbocycles. The Labute approximate surface area is 215 Å². The van der Waals surface area contributed by atoms with E-state index in [2.05, 4.69) is 0 Å². The second-order valence-electron chi connectivity index (χ2n) is 10.3. The largest absolute Gasteiger partial charge is 0.502 e. The number of pyridine rings is 1. The van der Waals surface area contributed by atoms with Crippen LogP contribution in [0.5, 0.6) is 5.75 Å². The summed E-state index contributed by atoms with van der Waals surface area (Å²) in [5, 5.41) is 12.6. The molecule has 1 saturated heterocycles. The molecular formula is C27H23F2N3O4S. The molecule has 1 amide bonds. The van der Waals surface area contributed by atoms with Crippen LogP contribution in [-0.4, -0.2) is 46.5 Å². The van der Waals surface area contributed by atoms with Crippen molar-refractivity contribution >= 4 is 17.7 Å². The Morgan fingerprint density at radius 1 is 1.03 bits per heavy atom. The number of thioether (sulfide) groups is 1. The second-order valence-corrected chi connectivity index (χ2v) is 11.3. The third kappa shape index (κ3) is 3.28. The van der Waals surface area contributed by atoms with E-state index in [1.165, 1.54) is 28.7 Å². The van der Waals surface area contributed by atoms with Crippen molar-refractivity contribution in [2.24, 2.45) is 5.41 Å². The summed E-state index contributed by atoms with van der Waals surface area (Å²) >= 11 is 1.43. The Morgan fingerprint density at radius 2 is 1.81 bits per heavy atom. The van der Waals surface area contributed by atoms with E-state index >= 15 is 4.39 Å². The van der Waals surface area contributed by atoms with Crippen LogP contribution in [0.3, 0.4) is 0 Å². The zero-order chi connectivity index (χ0) is 25.5. The minimum absolute atomic E-state index is 0.0813. The smallest absolute Gasteiger partial charge is 0.278 e. The first kappa shape index (κ1) is 22.8. The van der Waals surface area contributed by atoms with Crippen LogP contribution in [0.15, 0.2) is 58.4 Å². The van der Waals surface area contributed by atoms with Crippen LogP contribution in [-0.2, 0) is 10.5 Å². The Hall–Kier alpha value is -3.37. The molecule has 7 rings (SSSR count). The van der Waals surface area contributed by atoms with Gasteiger partial charge in [0.2, 0.25) is 5.43 Å². The van der Waals surface area contributed by atoms with Crippen LogP contribution in [0.4, 0.5) is 8.78 Å². The molecule has 1 N–H and O–H groups in total. The Balaban J connectivity index is 1.42. The molecule has 0 bridgehead atoms. The number of fused-ring (bicyclic) bond motifs is 3. The molecule has 10 heteroatoms. The van der Waals surface area contributed by atoms with E-state index < -0.39 is 34.8 Å². The predicted molar refractivity (Wildman–Crippen MR) is 132 cm³/mol. The highest BCUT2D eigenvalue weighted by Gasteiger charge is 2.54. The Morgan fingerprint density at radius 3 is 2.57 bits per heavy atom. The number of aromatic nitrogens is 1. The Bertz CT molecular complexity index is 1510. The topological polar surface area (TPSA) is 75.0 Å². The van der Waals surface area contributed by atoms with Crippen molar-refractivity contribution in [3.05, 3.63) is 92.9 Å². The average Bonchev–Trinajstić information content (AvgIpc) is 3.00. The summed E-state index contributed by atoms with van der Waals surface area (Å²) < 4.78 is 36.3. The average molecular weight is 524 g/mol. The quantitative estimate of drug-likeness (QED) is 0.552. The summed E-state index contributed by atoms with van der Waals surface area (Å²) in [5.74, 6) is -2.60. The lowest BCUT2D eigenvalue weighted by Gasteiger charge is -2.57. The molecule has 4 aliphatic rings. The van der Waals surface area contributed by atoms with Crippen molar-refractivity contribution in [1.82, 2.24) is 9.58 Å². The Kier molecular flexibility index (Phi) is 4.97. The van der Waals surface area contributed by atoms with Gasteiger partial charge in [-0.15, -0.1) is 11.8 Å². The predicted octanol–water partition coefficient (Wildman–Crippen LogP) is 3.76. The van der Waals surface area contributed by atoms with Crippen LogP contribution in [0.2, 0.25) is 0 Å². The van der Waals surface area contributed by atoms with Gasteiger partial charge in [0.1, 0.15) is 6.67 Å². The highest BCUT2D eigenvalue weighted by atomic mass is 32.2. The van der Waals surface area contributed by atoms with E-state index in [0.29, 0.717) is 18.8 Å². The molecule has 7 nitrogen and oxygen atoms in total. The normalized spacial score (nSPS) is 22.0. The number of carbonyl (C=O) groups excluding carboxylic acids is 1. The standard InChI is InChI=1S/C27H23F2N3O4S/c28-19-6-5-16-18(22(19)29)11-37-21-4-2-1-3-17(21)23(16)32-14-30(15-9-27(10-15)12-36-13-27)26(35)24-25(34)20(33)7-8-31(24)32/h1-8,15,23,34H,9-14H2/t23-/m0/s1. The van der Waals surface area contributed by atoms with Crippen LogP contribution in [0.1, 0.15) is 46.1 Å². The summed E-state index contributed by atoms with van der Waals surface area (Å²) in [6.45, 7) is 1.49. The number of ether oxygens (including phenoxy) is 1. The van der Waals surface area contributed by atoms with Gasteiger partial charge in [0, 0.05) is 39.9 Å². The molecule has 1 aliphatic carbocycles. The number of hydrogen-bond donors (Lipinski definition) is 1. The van der Waals surface area contributed by atoms with E-state index in [-0.39, 0.29) is 35.1 Å². The molecule has 0 unspecified atom stereocenters. The van der Waals surface area contributed by atoms with Crippen molar-refractivity contribution in [3.63, 3.8) is 0 Å². The molecule has 37 heavy (non-hydrogen) atoms. The van der Waals surface area contributed by atoms with Crippen LogP contribution < -0.4 is 10.4 Å². The summed E-state index contributed by atoms with van der Waals surface area (Å²) in [4.78, 5) is 28.7.